The van der Waals surface area contributed by atoms with E-state index in [1.165, 1.54) is 26.2 Å². The smallest absolute Gasteiger partial charge is 0.417 e. The lowest BCUT2D eigenvalue weighted by Crippen LogP contribution is -2.16. The van der Waals surface area contributed by atoms with Crippen LogP contribution in [0.2, 0.25) is 5.02 Å². The Balaban J connectivity index is 2.06. The van der Waals surface area contributed by atoms with Gasteiger partial charge >= 0.3 is 11.9 Å². The number of anilines is 1. The van der Waals surface area contributed by atoms with Crippen LogP contribution < -0.4 is 10.1 Å². The van der Waals surface area contributed by atoms with Crippen LogP contribution in [0, 0.1) is 17.0 Å². The molecule has 12 heteroatoms. The highest BCUT2D eigenvalue weighted by Crippen LogP contribution is 2.33. The van der Waals surface area contributed by atoms with Crippen molar-refractivity contribution in [2.24, 2.45) is 0 Å². The van der Waals surface area contributed by atoms with Gasteiger partial charge in [-0.15, -0.1) is 0 Å². The molecular weight excluding hydrogens is 417 g/mol. The van der Waals surface area contributed by atoms with E-state index in [4.69, 9.17) is 16.3 Å². The molecular formula is C17H12ClF3N4O4. The first-order valence-electron chi connectivity index (χ1n) is 7.92. The van der Waals surface area contributed by atoms with Gasteiger partial charge in [0.1, 0.15) is 5.69 Å². The molecule has 1 N–H and O–H groups in total. The highest BCUT2D eigenvalue weighted by Gasteiger charge is 2.33. The standard InChI is InChI=1S/C17H12ClF3N4O4/c1-8-14(24-7-9(17(19,20)21)5-11(18)15(24)22-8)16(26)23-10-3-4-13(29-2)12(6-10)25(27)28/h3-7H,1-2H3,(H,23,26). The van der Waals surface area contributed by atoms with Gasteiger partial charge in [0, 0.05) is 18.0 Å². The van der Waals surface area contributed by atoms with E-state index >= 15 is 0 Å². The number of amides is 1. The van der Waals surface area contributed by atoms with Crippen molar-refractivity contribution >= 4 is 34.5 Å². The van der Waals surface area contributed by atoms with Gasteiger partial charge in [-0.2, -0.15) is 13.2 Å². The lowest BCUT2D eigenvalue weighted by molar-refractivity contribution is -0.385. The zero-order valence-corrected chi connectivity index (χ0v) is 15.6. The molecule has 1 amide bonds. The Labute approximate surface area is 166 Å². The number of alkyl halides is 3. The number of nitro benzene ring substituents is 1. The van der Waals surface area contributed by atoms with E-state index in [9.17, 15) is 28.1 Å². The third-order valence-corrected chi connectivity index (χ3v) is 4.30. The van der Waals surface area contributed by atoms with Crippen LogP contribution in [0.15, 0.2) is 30.5 Å². The summed E-state index contributed by atoms with van der Waals surface area (Å²) in [6.45, 7) is 1.43. The zero-order valence-electron chi connectivity index (χ0n) is 14.9. The number of ether oxygens (including phenoxy) is 1. The SMILES string of the molecule is COc1ccc(NC(=O)c2c(C)nc3c(Cl)cc(C(F)(F)F)cn23)cc1[N+](=O)[O-]. The first kappa shape index (κ1) is 20.4. The highest BCUT2D eigenvalue weighted by atomic mass is 35.5. The van der Waals surface area contributed by atoms with Gasteiger partial charge in [0.15, 0.2) is 11.4 Å². The number of nitrogens with one attached hydrogen (secondary N) is 1. The Morgan fingerprint density at radius 3 is 2.62 bits per heavy atom. The van der Waals surface area contributed by atoms with Crippen molar-refractivity contribution in [1.29, 1.82) is 0 Å². The molecule has 0 unspecified atom stereocenters. The molecule has 0 aliphatic carbocycles. The summed E-state index contributed by atoms with van der Waals surface area (Å²) in [5.74, 6) is -0.828. The fourth-order valence-corrected chi connectivity index (χ4v) is 3.00. The van der Waals surface area contributed by atoms with Crippen LogP contribution in [0.1, 0.15) is 21.7 Å². The lowest BCUT2D eigenvalue weighted by atomic mass is 10.2. The lowest BCUT2D eigenvalue weighted by Gasteiger charge is -2.10. The quantitative estimate of drug-likeness (QED) is 0.488. The molecule has 3 rings (SSSR count). The van der Waals surface area contributed by atoms with Gasteiger partial charge in [-0.1, -0.05) is 11.6 Å². The van der Waals surface area contributed by atoms with E-state index in [0.29, 0.717) is 6.20 Å². The summed E-state index contributed by atoms with van der Waals surface area (Å²) in [4.78, 5) is 27.2. The summed E-state index contributed by atoms with van der Waals surface area (Å²) in [6.07, 6.45) is -3.97. The molecule has 3 aromatic rings. The van der Waals surface area contributed by atoms with E-state index in [0.717, 1.165) is 16.5 Å². The van der Waals surface area contributed by atoms with Crippen LogP contribution in [0.5, 0.6) is 5.75 Å². The second kappa shape index (κ2) is 7.24. The van der Waals surface area contributed by atoms with Crippen molar-refractivity contribution < 1.29 is 27.6 Å². The third kappa shape index (κ3) is 3.81. The molecule has 0 saturated carbocycles. The number of aryl methyl sites for hydroxylation is 1. The Kier molecular flexibility index (Phi) is 5.09. The van der Waals surface area contributed by atoms with Crippen LogP contribution in [-0.2, 0) is 6.18 Å². The zero-order chi connectivity index (χ0) is 21.5. The molecule has 0 radical (unpaired) electrons. The molecule has 0 fully saturated rings. The number of carbonyl (C=O) groups excluding carboxylic acids is 1. The van der Waals surface area contributed by atoms with Crippen LogP contribution >= 0.6 is 11.6 Å². The summed E-state index contributed by atoms with van der Waals surface area (Å²) in [6, 6.07) is 4.44. The summed E-state index contributed by atoms with van der Waals surface area (Å²) >= 11 is 5.90. The Hall–Kier alpha value is -3.34. The first-order valence-corrected chi connectivity index (χ1v) is 8.30. The van der Waals surface area contributed by atoms with Crippen LogP contribution in [-0.4, -0.2) is 27.3 Å². The number of rotatable bonds is 4. The molecule has 29 heavy (non-hydrogen) atoms. The van der Waals surface area contributed by atoms with Crippen LogP contribution in [0.3, 0.4) is 0 Å². The third-order valence-electron chi connectivity index (χ3n) is 4.03. The molecule has 2 aromatic heterocycles. The second-order valence-electron chi connectivity index (χ2n) is 5.91. The summed E-state index contributed by atoms with van der Waals surface area (Å²) in [7, 11) is 1.25. The predicted octanol–water partition coefficient (Wildman–Crippen LogP) is 4.48. The van der Waals surface area contributed by atoms with Gasteiger partial charge in [-0.3, -0.25) is 19.3 Å². The molecule has 0 aliphatic heterocycles. The van der Waals surface area contributed by atoms with Crippen molar-refractivity contribution in [2.75, 3.05) is 12.4 Å². The molecule has 0 atom stereocenters. The van der Waals surface area contributed by atoms with E-state index in [1.807, 2.05) is 0 Å². The number of benzene rings is 1. The molecule has 0 saturated heterocycles. The second-order valence-corrected chi connectivity index (χ2v) is 6.32. The van der Waals surface area contributed by atoms with Gasteiger partial charge in [-0.05, 0) is 25.1 Å². The number of nitrogens with zero attached hydrogens (tertiary/aromatic N) is 3. The minimum absolute atomic E-state index is 0.0133. The molecule has 1 aromatic carbocycles. The van der Waals surface area contributed by atoms with Crippen molar-refractivity contribution in [3.8, 4) is 5.75 Å². The van der Waals surface area contributed by atoms with Gasteiger partial charge in [-0.25, -0.2) is 4.98 Å². The predicted molar refractivity (Wildman–Crippen MR) is 97.5 cm³/mol. The van der Waals surface area contributed by atoms with Crippen molar-refractivity contribution in [3.63, 3.8) is 0 Å². The number of pyridine rings is 1. The molecule has 8 nitrogen and oxygen atoms in total. The Bertz CT molecular complexity index is 1140. The normalized spacial score (nSPS) is 11.5. The summed E-state index contributed by atoms with van der Waals surface area (Å²) in [5, 5.41) is 13.3. The number of halogens is 4. The summed E-state index contributed by atoms with van der Waals surface area (Å²) < 4.78 is 45.1. The number of hydrogen-bond donors (Lipinski definition) is 1. The van der Waals surface area contributed by atoms with Crippen molar-refractivity contribution in [1.82, 2.24) is 9.38 Å². The maximum atomic E-state index is 13.1. The summed E-state index contributed by atoms with van der Waals surface area (Å²) in [5.41, 5.74) is -1.47. The fourth-order valence-electron chi connectivity index (χ4n) is 2.75. The molecule has 0 spiro atoms. The van der Waals surface area contributed by atoms with Crippen LogP contribution in [0.25, 0.3) is 5.65 Å². The Morgan fingerprint density at radius 1 is 1.34 bits per heavy atom. The maximum absolute atomic E-state index is 13.1. The van der Waals surface area contributed by atoms with Crippen LogP contribution in [0.4, 0.5) is 24.5 Å². The van der Waals surface area contributed by atoms with Gasteiger partial charge in [0.2, 0.25) is 0 Å². The number of carbonyl (C=O) groups is 1. The van der Waals surface area contributed by atoms with Crippen molar-refractivity contribution in [2.45, 2.75) is 13.1 Å². The topological polar surface area (TPSA) is 98.8 Å². The molecule has 0 aliphatic rings. The largest absolute Gasteiger partial charge is 0.490 e. The van der Waals surface area contributed by atoms with Gasteiger partial charge in [0.05, 0.1) is 28.3 Å². The molecule has 2 heterocycles. The van der Waals surface area contributed by atoms with Gasteiger partial charge < -0.3 is 10.1 Å². The number of methoxy groups -OCH3 is 1. The average Bonchev–Trinajstić information content (AvgIpc) is 2.97. The molecule has 152 valence electrons. The van der Waals surface area contributed by atoms with E-state index in [-0.39, 0.29) is 39.2 Å². The monoisotopic (exact) mass is 428 g/mol. The number of hydrogen-bond acceptors (Lipinski definition) is 5. The number of nitro groups is 1. The van der Waals surface area contributed by atoms with Crippen molar-refractivity contribution in [3.05, 3.63) is 62.6 Å². The first-order chi connectivity index (χ1) is 13.5. The number of aromatic nitrogens is 2. The molecule has 0 bridgehead atoms. The average molecular weight is 429 g/mol. The van der Waals surface area contributed by atoms with Gasteiger partial charge in [0.25, 0.3) is 5.91 Å². The van der Waals surface area contributed by atoms with E-state index < -0.39 is 22.6 Å². The Morgan fingerprint density at radius 2 is 2.03 bits per heavy atom. The highest BCUT2D eigenvalue weighted by molar-refractivity contribution is 6.33. The minimum Gasteiger partial charge on any atom is -0.490 e. The van der Waals surface area contributed by atoms with E-state index in [1.54, 1.807) is 0 Å². The fraction of sp³-hybridized carbons (Fsp3) is 0.176. The number of imidazole rings is 1. The minimum atomic E-state index is -4.68. The van der Waals surface area contributed by atoms with E-state index in [2.05, 4.69) is 10.3 Å². The maximum Gasteiger partial charge on any atom is 0.417 e. The number of fused-ring (bicyclic) bond motifs is 1.